The molecule has 1 amide bonds. The number of carbonyl (C=O) groups is 1. The zero-order valence-corrected chi connectivity index (χ0v) is 20.2. The molecule has 1 spiro atoms. The van der Waals surface area contributed by atoms with Gasteiger partial charge in [-0.15, -0.1) is 0 Å². The van der Waals surface area contributed by atoms with Crippen LogP contribution in [0.4, 0.5) is 23.1 Å². The number of aromatic nitrogens is 5. The van der Waals surface area contributed by atoms with Crippen LogP contribution in [0.25, 0.3) is 5.69 Å². The Morgan fingerprint density at radius 1 is 1.23 bits per heavy atom. The first-order chi connectivity index (χ1) is 17.0. The molecule has 184 valence electrons. The molecule has 0 saturated carbocycles. The van der Waals surface area contributed by atoms with E-state index in [2.05, 4.69) is 20.4 Å². The molecule has 5 rings (SSSR count). The number of likely N-dealkylation sites (N-methyl/N-ethyl adjacent to an activating group) is 1. The lowest BCUT2D eigenvalue weighted by atomic mass is 9.92. The molecule has 1 aromatic carbocycles. The summed E-state index contributed by atoms with van der Waals surface area (Å²) in [7, 11) is 5.10. The van der Waals surface area contributed by atoms with Gasteiger partial charge in [0.15, 0.2) is 5.82 Å². The average molecular weight is 481 g/mol. The molecule has 12 heteroatoms. The van der Waals surface area contributed by atoms with E-state index >= 15 is 0 Å². The summed E-state index contributed by atoms with van der Waals surface area (Å²) in [5.41, 5.74) is 1.37. The van der Waals surface area contributed by atoms with Crippen molar-refractivity contribution in [1.29, 1.82) is 0 Å². The zero-order chi connectivity index (χ0) is 24.6. The summed E-state index contributed by atoms with van der Waals surface area (Å²) in [5, 5.41) is 7.60. The van der Waals surface area contributed by atoms with Crippen LogP contribution >= 0.6 is 0 Å². The lowest BCUT2D eigenvalue weighted by Gasteiger charge is -2.46. The Kier molecular flexibility index (Phi) is 5.99. The molecular weight excluding hydrogens is 452 g/mol. The third-order valence-corrected chi connectivity index (χ3v) is 6.45. The zero-order valence-electron chi connectivity index (χ0n) is 20.2. The largest absolute Gasteiger partial charge is 0.494 e. The molecule has 35 heavy (non-hydrogen) atoms. The van der Waals surface area contributed by atoms with Crippen molar-refractivity contribution in [3.63, 3.8) is 0 Å². The predicted molar refractivity (Wildman–Crippen MR) is 129 cm³/mol. The van der Waals surface area contributed by atoms with E-state index in [1.165, 1.54) is 0 Å². The molecule has 2 aliphatic heterocycles. The Morgan fingerprint density at radius 3 is 2.77 bits per heavy atom. The number of rotatable bonds is 7. The molecule has 1 fully saturated rings. The third-order valence-electron chi connectivity index (χ3n) is 6.45. The van der Waals surface area contributed by atoms with Crippen molar-refractivity contribution in [3.8, 4) is 11.4 Å². The lowest BCUT2D eigenvalue weighted by Crippen LogP contribution is -2.63. The number of carbonyl (C=O) groups excluding carboxylic acids is 1. The molecule has 2 aromatic heterocycles. The molecule has 4 heterocycles. The van der Waals surface area contributed by atoms with Crippen LogP contribution < -0.4 is 19.9 Å². The van der Waals surface area contributed by atoms with Crippen LogP contribution in [0.5, 0.6) is 5.75 Å². The van der Waals surface area contributed by atoms with Crippen molar-refractivity contribution in [1.82, 2.24) is 24.7 Å². The first-order valence-electron chi connectivity index (χ1n) is 11.3. The van der Waals surface area contributed by atoms with E-state index in [-0.39, 0.29) is 5.91 Å². The molecule has 0 bridgehead atoms. The Labute approximate surface area is 202 Å². The van der Waals surface area contributed by atoms with Crippen LogP contribution in [0.1, 0.15) is 12.2 Å². The molecule has 12 nitrogen and oxygen atoms in total. The van der Waals surface area contributed by atoms with Gasteiger partial charge >= 0.3 is 0 Å². The molecule has 3 aromatic rings. The minimum atomic E-state index is -0.785. The maximum Gasteiger partial charge on any atom is 0.255 e. The number of aryl methyl sites for hydroxylation is 1. The molecule has 0 aliphatic carbocycles. The van der Waals surface area contributed by atoms with Gasteiger partial charge in [-0.3, -0.25) is 4.79 Å². The number of nitrogens with one attached hydrogen (secondary N) is 1. The summed E-state index contributed by atoms with van der Waals surface area (Å²) in [6.45, 7) is 3.49. The summed E-state index contributed by atoms with van der Waals surface area (Å²) in [4.78, 5) is 30.6. The van der Waals surface area contributed by atoms with Gasteiger partial charge in [-0.2, -0.15) is 10.1 Å². The maximum atomic E-state index is 13.5. The summed E-state index contributed by atoms with van der Waals surface area (Å²) in [6.07, 6.45) is 3.90. The van der Waals surface area contributed by atoms with E-state index in [1.807, 2.05) is 37.1 Å². The maximum absolute atomic E-state index is 13.5. The second-order valence-electron chi connectivity index (χ2n) is 8.49. The second kappa shape index (κ2) is 9.12. The van der Waals surface area contributed by atoms with Gasteiger partial charge in [-0.1, -0.05) is 0 Å². The number of anilines is 4. The average Bonchev–Trinajstić information content (AvgIpc) is 3.53. The minimum absolute atomic E-state index is 0.0185. The smallest absolute Gasteiger partial charge is 0.255 e. The molecule has 1 atom stereocenters. The third kappa shape index (κ3) is 3.94. The van der Waals surface area contributed by atoms with Gasteiger partial charge in [0.1, 0.15) is 34.8 Å². The first-order valence-corrected chi connectivity index (χ1v) is 11.3. The summed E-state index contributed by atoms with van der Waals surface area (Å²) < 4.78 is 18.1. The van der Waals surface area contributed by atoms with Crippen LogP contribution in [0.3, 0.4) is 0 Å². The molecule has 1 N–H and O–H groups in total. The number of methoxy groups -OCH3 is 2. The van der Waals surface area contributed by atoms with Crippen LogP contribution in [-0.4, -0.2) is 83.8 Å². The van der Waals surface area contributed by atoms with Gasteiger partial charge in [0, 0.05) is 45.5 Å². The number of ether oxygens (including phenoxy) is 3. The van der Waals surface area contributed by atoms with E-state index in [0.29, 0.717) is 61.8 Å². The SMILES string of the molecule is COCCN1C(=O)[C@]2(CCOC2)N(C)c2nc(Nc3ccc(-n4cnc(C)n4)c(OC)c3)ncc21. The van der Waals surface area contributed by atoms with Crippen molar-refractivity contribution in [2.45, 2.75) is 18.9 Å². The molecule has 1 saturated heterocycles. The summed E-state index contributed by atoms with van der Waals surface area (Å²) in [6, 6.07) is 5.62. The Bertz CT molecular complexity index is 1240. The fourth-order valence-electron chi connectivity index (χ4n) is 4.50. The van der Waals surface area contributed by atoms with Crippen molar-refractivity contribution < 1.29 is 19.0 Å². The topological polar surface area (TPSA) is 120 Å². The summed E-state index contributed by atoms with van der Waals surface area (Å²) >= 11 is 0. The fraction of sp³-hybridized carbons (Fsp3) is 0.435. The monoisotopic (exact) mass is 480 g/mol. The van der Waals surface area contributed by atoms with Crippen LogP contribution in [0, 0.1) is 6.92 Å². The number of amides is 1. The molecule has 0 radical (unpaired) electrons. The minimum Gasteiger partial charge on any atom is -0.494 e. The molecule has 2 aliphatic rings. The number of fused-ring (bicyclic) bond motifs is 1. The Balaban J connectivity index is 1.47. The number of hydrogen-bond donors (Lipinski definition) is 1. The van der Waals surface area contributed by atoms with Gasteiger partial charge in [0.05, 0.1) is 26.5 Å². The molecular formula is C23H28N8O4. The van der Waals surface area contributed by atoms with Gasteiger partial charge < -0.3 is 29.3 Å². The van der Waals surface area contributed by atoms with Crippen molar-refractivity contribution in [2.24, 2.45) is 0 Å². The van der Waals surface area contributed by atoms with Gasteiger partial charge in [-0.05, 0) is 19.1 Å². The first kappa shape index (κ1) is 23.0. The van der Waals surface area contributed by atoms with Gasteiger partial charge in [0.2, 0.25) is 5.95 Å². The second-order valence-corrected chi connectivity index (χ2v) is 8.49. The normalized spacial score (nSPS) is 19.4. The van der Waals surface area contributed by atoms with Crippen molar-refractivity contribution in [3.05, 3.63) is 36.5 Å². The number of benzene rings is 1. The number of nitrogens with zero attached hydrogens (tertiary/aromatic N) is 7. The highest BCUT2D eigenvalue weighted by Crippen LogP contribution is 2.42. The van der Waals surface area contributed by atoms with Gasteiger partial charge in [0.25, 0.3) is 5.91 Å². The Hall–Kier alpha value is -3.77. The van der Waals surface area contributed by atoms with E-state index in [9.17, 15) is 4.79 Å². The van der Waals surface area contributed by atoms with Crippen LogP contribution in [0.15, 0.2) is 30.7 Å². The van der Waals surface area contributed by atoms with E-state index < -0.39 is 5.54 Å². The quantitative estimate of drug-likeness (QED) is 0.535. The highest BCUT2D eigenvalue weighted by Gasteiger charge is 2.53. The lowest BCUT2D eigenvalue weighted by molar-refractivity contribution is -0.124. The van der Waals surface area contributed by atoms with Crippen molar-refractivity contribution in [2.75, 3.05) is 62.7 Å². The van der Waals surface area contributed by atoms with Crippen LogP contribution in [-0.2, 0) is 14.3 Å². The highest BCUT2D eigenvalue weighted by molar-refractivity contribution is 6.08. The number of hydrogen-bond acceptors (Lipinski definition) is 10. The van der Waals surface area contributed by atoms with Gasteiger partial charge in [-0.25, -0.2) is 14.6 Å². The predicted octanol–water partition coefficient (Wildman–Crippen LogP) is 1.71. The van der Waals surface area contributed by atoms with E-state index in [1.54, 1.807) is 36.3 Å². The van der Waals surface area contributed by atoms with Crippen molar-refractivity contribution >= 4 is 29.0 Å². The van der Waals surface area contributed by atoms with Crippen LogP contribution in [0.2, 0.25) is 0 Å². The summed E-state index contributed by atoms with van der Waals surface area (Å²) in [5.74, 6) is 2.33. The standard InChI is InChI=1S/C23H28N8O4/c1-15-25-14-31(28-15)17-6-5-16(11-19(17)34-4)26-22-24-12-18-20(27-22)29(2)23(7-9-35-13-23)21(32)30(18)8-10-33-3/h5-6,11-12,14H,7-10,13H2,1-4H3,(H,24,26,27)/t23-/m1/s1. The molecule has 0 unspecified atom stereocenters. The fourth-order valence-corrected chi connectivity index (χ4v) is 4.50. The van der Waals surface area contributed by atoms with E-state index in [4.69, 9.17) is 19.2 Å². The van der Waals surface area contributed by atoms with E-state index in [0.717, 1.165) is 11.4 Å². The highest BCUT2D eigenvalue weighted by atomic mass is 16.5. The Morgan fingerprint density at radius 2 is 2.09 bits per heavy atom.